The highest BCUT2D eigenvalue weighted by molar-refractivity contribution is 7.35. The van der Waals surface area contributed by atoms with Crippen LogP contribution in [0.4, 0.5) is 5.69 Å². The zero-order chi connectivity index (χ0) is 14.8. The molecule has 0 radical (unpaired) electrons. The molecular weight excluding hydrogens is 384 g/mol. The van der Waals surface area contributed by atoms with Gasteiger partial charge >= 0.3 is 10.0 Å². The first-order valence-corrected chi connectivity index (χ1v) is 8.28. The van der Waals surface area contributed by atoms with Crippen LogP contribution in [0.15, 0.2) is 34.6 Å². The number of aromatic nitrogens is 1. The van der Waals surface area contributed by atoms with Crippen LogP contribution < -0.4 is 26.1 Å². The molecule has 2 heterocycles. The summed E-state index contributed by atoms with van der Waals surface area (Å²) in [6.07, 6.45) is 1.69. The van der Waals surface area contributed by atoms with E-state index in [0.717, 1.165) is 26.2 Å². The number of thiazole rings is 2. The fraction of sp³-hybridized carbons (Fsp3) is 0.200. The minimum Gasteiger partial charge on any atom is -1.00 e. The number of hydrogen-bond donors (Lipinski definition) is 1. The van der Waals surface area contributed by atoms with Crippen molar-refractivity contribution in [2.45, 2.75) is 13.8 Å². The van der Waals surface area contributed by atoms with Crippen molar-refractivity contribution in [3.8, 4) is 11.6 Å². The van der Waals surface area contributed by atoms with E-state index in [1.807, 2.05) is 47.9 Å². The molecule has 0 amide bonds. The smallest absolute Gasteiger partial charge is 0.392 e. The van der Waals surface area contributed by atoms with Crippen molar-refractivity contribution < 1.29 is 31.2 Å². The summed E-state index contributed by atoms with van der Waals surface area (Å²) >= 11 is 3.14. The quantitative estimate of drug-likeness (QED) is 0.519. The molecule has 0 bridgehead atoms. The van der Waals surface area contributed by atoms with Crippen molar-refractivity contribution in [2.24, 2.45) is 4.99 Å². The Labute approximate surface area is 147 Å². The number of aliphatic imine (C=N–C) groups is 1. The summed E-state index contributed by atoms with van der Waals surface area (Å²) in [4.78, 5) is 5.20. The molecule has 1 N–H and O–H groups in total. The molecule has 2 aromatic heterocycles. The van der Waals surface area contributed by atoms with Crippen molar-refractivity contribution in [3.63, 3.8) is 0 Å². The summed E-state index contributed by atoms with van der Waals surface area (Å²) < 4.78 is 8.43. The maximum atomic E-state index is 10.3. The Morgan fingerprint density at radius 3 is 2.86 bits per heavy atom. The number of fused-ring (bicyclic) bond motifs is 1. The van der Waals surface area contributed by atoms with Crippen LogP contribution in [0, 0.1) is 6.92 Å². The number of halogens is 1. The lowest BCUT2D eigenvalue weighted by atomic mass is 10.3. The van der Waals surface area contributed by atoms with Gasteiger partial charge in [0, 0.05) is 6.92 Å². The van der Waals surface area contributed by atoms with Crippen LogP contribution in [-0.2, 0) is 0 Å². The number of benzene rings is 1. The van der Waals surface area contributed by atoms with Gasteiger partial charge < -0.3 is 26.8 Å². The molecule has 7 heteroatoms. The lowest BCUT2D eigenvalue weighted by molar-refractivity contribution is -0.521. The van der Waals surface area contributed by atoms with Crippen molar-refractivity contribution in [3.05, 3.63) is 40.2 Å². The van der Waals surface area contributed by atoms with Gasteiger partial charge in [-0.1, -0.05) is 23.5 Å². The van der Waals surface area contributed by atoms with E-state index in [0.29, 0.717) is 6.61 Å². The predicted octanol–water partition coefficient (Wildman–Crippen LogP) is 0.716. The number of hydrogen-bond acceptors (Lipinski definition) is 5. The van der Waals surface area contributed by atoms with Crippen LogP contribution in [0.3, 0.4) is 0 Å². The normalized spacial score (nSPS) is 11.0. The van der Waals surface area contributed by atoms with E-state index in [9.17, 15) is 5.11 Å². The van der Waals surface area contributed by atoms with Crippen LogP contribution in [-0.4, -0.2) is 17.9 Å². The Balaban J connectivity index is 0.00000176. The molecule has 116 valence electrons. The molecule has 0 saturated heterocycles. The Morgan fingerprint density at radius 1 is 1.36 bits per heavy atom. The molecule has 0 saturated carbocycles. The molecule has 0 aliphatic rings. The third-order valence-electron chi connectivity index (χ3n) is 2.98. The van der Waals surface area contributed by atoms with E-state index < -0.39 is 0 Å². The van der Waals surface area contributed by atoms with Gasteiger partial charge in [-0.3, -0.25) is 4.99 Å². The summed E-state index contributed by atoms with van der Waals surface area (Å²) in [6.45, 7) is 4.52. The highest BCUT2D eigenvalue weighted by Crippen LogP contribution is 2.29. The highest BCUT2D eigenvalue weighted by Gasteiger charge is 2.23. The van der Waals surface area contributed by atoms with Crippen molar-refractivity contribution in [1.29, 1.82) is 0 Å². The Kier molecular flexibility index (Phi) is 5.55. The second-order valence-electron chi connectivity index (χ2n) is 4.43. The van der Waals surface area contributed by atoms with Crippen molar-refractivity contribution in [2.75, 3.05) is 6.61 Å². The predicted molar refractivity (Wildman–Crippen MR) is 86.6 cm³/mol. The number of aryl methyl sites for hydroxylation is 1. The molecular formula is C15H15BrN2O2S2. The average Bonchev–Trinajstić information content (AvgIpc) is 3.00. The maximum absolute atomic E-state index is 10.3. The first kappa shape index (κ1) is 16.9. The number of nitrogens with zero attached hydrogens (tertiary/aromatic N) is 2. The molecule has 0 unspecified atom stereocenters. The van der Waals surface area contributed by atoms with Gasteiger partial charge in [-0.25, -0.2) is 0 Å². The standard InChI is InChI=1S/C15H14N2O2S2.BrH/c1-3-19-12-7-5-4-6-11(12)16-8-13-14(18)17-10(2)9-20-15(17)21-13;/h4-9H,3H2,1-2H3;1H. The first-order valence-electron chi connectivity index (χ1n) is 6.58. The lowest BCUT2D eigenvalue weighted by Crippen LogP contribution is -3.00. The summed E-state index contributed by atoms with van der Waals surface area (Å²) in [6, 6.07) is 7.62. The molecule has 4 nitrogen and oxygen atoms in total. The molecule has 1 aromatic carbocycles. The molecule has 0 spiro atoms. The second-order valence-corrected chi connectivity index (χ2v) is 6.57. The van der Waals surface area contributed by atoms with Gasteiger partial charge in [0.15, 0.2) is 10.6 Å². The zero-order valence-corrected chi connectivity index (χ0v) is 15.3. The molecule has 0 fully saturated rings. The third kappa shape index (κ3) is 3.16. The summed E-state index contributed by atoms with van der Waals surface area (Å²) in [5.41, 5.74) is 1.79. The molecule has 3 rings (SSSR count). The van der Waals surface area contributed by atoms with Crippen LogP contribution in [0.1, 0.15) is 17.5 Å². The van der Waals surface area contributed by atoms with E-state index in [-0.39, 0.29) is 22.9 Å². The van der Waals surface area contributed by atoms with Crippen LogP contribution >= 0.6 is 22.7 Å². The SMILES string of the molecule is CCOc1ccccc1N=Cc1sc2scc(C)[n+]2c1O.[Br-]. The number of para-hydroxylation sites is 2. The second kappa shape index (κ2) is 7.21. The average molecular weight is 399 g/mol. The van der Waals surface area contributed by atoms with Crippen molar-refractivity contribution in [1.82, 2.24) is 0 Å². The minimum absolute atomic E-state index is 0. The number of aromatic hydroxyl groups is 1. The fourth-order valence-corrected chi connectivity index (χ4v) is 4.13. The molecule has 22 heavy (non-hydrogen) atoms. The fourth-order valence-electron chi connectivity index (χ4n) is 2.01. The van der Waals surface area contributed by atoms with Gasteiger partial charge in [0.1, 0.15) is 11.4 Å². The largest absolute Gasteiger partial charge is 1.00 e. The molecule has 0 aliphatic heterocycles. The van der Waals surface area contributed by atoms with Crippen LogP contribution in [0.5, 0.6) is 11.6 Å². The molecule has 0 aliphatic carbocycles. The third-order valence-corrected chi connectivity index (χ3v) is 5.23. The molecule has 3 aromatic rings. The summed E-state index contributed by atoms with van der Waals surface area (Å²) in [5, 5.41) is 12.3. The molecule has 0 atom stereocenters. The van der Waals surface area contributed by atoms with Gasteiger partial charge in [-0.05, 0) is 30.4 Å². The minimum atomic E-state index is 0. The van der Waals surface area contributed by atoms with Gasteiger partial charge in [-0.2, -0.15) is 0 Å². The number of rotatable bonds is 4. The van der Waals surface area contributed by atoms with Gasteiger partial charge in [-0.15, -0.1) is 4.40 Å². The van der Waals surface area contributed by atoms with Gasteiger partial charge in [0.2, 0.25) is 0 Å². The van der Waals surface area contributed by atoms with E-state index in [1.165, 1.54) is 11.3 Å². The van der Waals surface area contributed by atoms with Crippen molar-refractivity contribution >= 4 is 38.7 Å². The Bertz CT molecular complexity index is 811. The number of ether oxygens (including phenoxy) is 1. The Hall–Kier alpha value is -1.44. The monoisotopic (exact) mass is 398 g/mol. The highest BCUT2D eigenvalue weighted by atomic mass is 79.9. The van der Waals surface area contributed by atoms with E-state index in [1.54, 1.807) is 17.6 Å². The van der Waals surface area contributed by atoms with Gasteiger partial charge in [0.25, 0.3) is 0 Å². The summed E-state index contributed by atoms with van der Waals surface area (Å²) in [5.74, 6) is 0.990. The first-order chi connectivity index (χ1) is 10.2. The zero-order valence-electron chi connectivity index (χ0n) is 12.1. The lowest BCUT2D eigenvalue weighted by Gasteiger charge is -2.04. The van der Waals surface area contributed by atoms with E-state index >= 15 is 0 Å². The van der Waals surface area contributed by atoms with Crippen LogP contribution in [0.25, 0.3) is 4.14 Å². The summed E-state index contributed by atoms with van der Waals surface area (Å²) in [7, 11) is 0. The van der Waals surface area contributed by atoms with Crippen LogP contribution in [0.2, 0.25) is 0 Å². The van der Waals surface area contributed by atoms with Gasteiger partial charge in [0.05, 0.1) is 18.2 Å². The van der Waals surface area contributed by atoms with E-state index in [4.69, 9.17) is 4.74 Å². The Morgan fingerprint density at radius 2 is 2.14 bits per heavy atom. The topological polar surface area (TPSA) is 45.9 Å². The van der Waals surface area contributed by atoms with E-state index in [2.05, 4.69) is 4.99 Å². The maximum Gasteiger partial charge on any atom is 0.392 e.